The monoisotopic (exact) mass is 429 g/mol. The van der Waals surface area contributed by atoms with Crippen molar-refractivity contribution in [1.82, 2.24) is 15.3 Å². The van der Waals surface area contributed by atoms with Gasteiger partial charge in [0, 0.05) is 24.3 Å². The number of rotatable bonds is 5. The van der Waals surface area contributed by atoms with Gasteiger partial charge >= 0.3 is 0 Å². The molecule has 3 heterocycles. The maximum atomic E-state index is 14.6. The number of hydrogen-bond donors (Lipinski definition) is 2. The van der Waals surface area contributed by atoms with Crippen molar-refractivity contribution in [1.29, 1.82) is 0 Å². The van der Waals surface area contributed by atoms with Crippen LogP contribution in [0.15, 0.2) is 36.5 Å². The number of aromatic nitrogens is 2. The Morgan fingerprint density at radius 1 is 1.29 bits per heavy atom. The highest BCUT2D eigenvalue weighted by Gasteiger charge is 2.27. The summed E-state index contributed by atoms with van der Waals surface area (Å²) in [6.07, 6.45) is 1.34. The summed E-state index contributed by atoms with van der Waals surface area (Å²) in [6, 6.07) is 6.36. The molecule has 0 saturated carbocycles. The molecule has 162 valence electrons. The molecule has 1 saturated heterocycles. The highest BCUT2D eigenvalue weighted by atomic mass is 19.1. The minimum absolute atomic E-state index is 0.0124. The van der Waals surface area contributed by atoms with E-state index in [4.69, 9.17) is 9.47 Å². The minimum Gasteiger partial charge on any atom is -0.481 e. The van der Waals surface area contributed by atoms with E-state index in [0.29, 0.717) is 24.5 Å². The number of carbonyl (C=O) groups excluding carboxylic acids is 1. The van der Waals surface area contributed by atoms with Crippen LogP contribution in [0.4, 0.5) is 8.78 Å². The van der Waals surface area contributed by atoms with Gasteiger partial charge in [-0.15, -0.1) is 0 Å². The first-order valence-electron chi connectivity index (χ1n) is 9.79. The van der Waals surface area contributed by atoms with E-state index in [-0.39, 0.29) is 29.6 Å². The van der Waals surface area contributed by atoms with Gasteiger partial charge < -0.3 is 19.9 Å². The molecule has 1 aliphatic rings. The molecule has 0 bridgehead atoms. The second kappa shape index (κ2) is 8.91. The molecule has 31 heavy (non-hydrogen) atoms. The van der Waals surface area contributed by atoms with E-state index in [2.05, 4.69) is 15.3 Å². The Hall–Kier alpha value is -3.17. The van der Waals surface area contributed by atoms with Crippen molar-refractivity contribution in [2.75, 3.05) is 20.3 Å². The van der Waals surface area contributed by atoms with Crippen molar-refractivity contribution < 1.29 is 28.2 Å². The summed E-state index contributed by atoms with van der Waals surface area (Å²) in [4.78, 5) is 21.0. The lowest BCUT2D eigenvalue weighted by Crippen LogP contribution is -2.48. The van der Waals surface area contributed by atoms with E-state index in [1.54, 1.807) is 18.3 Å². The lowest BCUT2D eigenvalue weighted by Gasteiger charge is -2.28. The molecule has 0 radical (unpaired) electrons. The first-order valence-corrected chi connectivity index (χ1v) is 9.79. The fraction of sp³-hybridized carbons (Fsp3) is 0.318. The summed E-state index contributed by atoms with van der Waals surface area (Å²) in [6.45, 7) is 0.521. The van der Waals surface area contributed by atoms with Crippen molar-refractivity contribution in [3.63, 3.8) is 0 Å². The van der Waals surface area contributed by atoms with Crippen LogP contribution in [-0.2, 0) is 11.2 Å². The van der Waals surface area contributed by atoms with E-state index in [9.17, 15) is 18.7 Å². The third-order valence-corrected chi connectivity index (χ3v) is 5.22. The van der Waals surface area contributed by atoms with Gasteiger partial charge in [0.15, 0.2) is 0 Å². The van der Waals surface area contributed by atoms with Crippen LogP contribution < -0.4 is 10.1 Å². The lowest BCUT2D eigenvalue weighted by atomic mass is 9.99. The predicted octanol–water partition coefficient (Wildman–Crippen LogP) is 2.39. The van der Waals surface area contributed by atoms with Gasteiger partial charge in [-0.25, -0.2) is 18.7 Å². The third kappa shape index (κ3) is 4.47. The highest BCUT2D eigenvalue weighted by molar-refractivity contribution is 5.96. The summed E-state index contributed by atoms with van der Waals surface area (Å²) in [5.74, 6) is -1.56. The maximum absolute atomic E-state index is 14.6. The van der Waals surface area contributed by atoms with Crippen LogP contribution in [0.1, 0.15) is 28.0 Å². The van der Waals surface area contributed by atoms with Gasteiger partial charge in [0.25, 0.3) is 5.91 Å². The molecule has 1 aromatic carbocycles. The summed E-state index contributed by atoms with van der Waals surface area (Å²) in [7, 11) is 1.48. The van der Waals surface area contributed by atoms with Crippen LogP contribution in [0, 0.1) is 11.6 Å². The zero-order valence-corrected chi connectivity index (χ0v) is 16.8. The summed E-state index contributed by atoms with van der Waals surface area (Å²) in [5, 5.41) is 12.8. The van der Waals surface area contributed by atoms with Crippen LogP contribution in [0.3, 0.4) is 0 Å². The number of methoxy groups -OCH3 is 1. The van der Waals surface area contributed by atoms with Crippen LogP contribution in [0.5, 0.6) is 5.88 Å². The molecule has 4 rings (SSSR count). The quantitative estimate of drug-likeness (QED) is 0.647. The van der Waals surface area contributed by atoms with Gasteiger partial charge in [-0.2, -0.15) is 0 Å². The first-order chi connectivity index (χ1) is 15.0. The van der Waals surface area contributed by atoms with Crippen molar-refractivity contribution >= 4 is 16.8 Å². The lowest BCUT2D eigenvalue weighted by molar-refractivity contribution is -0.0261. The molecule has 1 amide bonds. The number of halogens is 2. The van der Waals surface area contributed by atoms with E-state index in [1.807, 2.05) is 0 Å². The summed E-state index contributed by atoms with van der Waals surface area (Å²) >= 11 is 0. The Morgan fingerprint density at radius 2 is 2.10 bits per heavy atom. The number of nitrogens with zero attached hydrogens (tertiary/aromatic N) is 2. The van der Waals surface area contributed by atoms with E-state index < -0.39 is 29.7 Å². The predicted molar refractivity (Wildman–Crippen MR) is 108 cm³/mol. The van der Waals surface area contributed by atoms with Crippen LogP contribution in [0.25, 0.3) is 10.9 Å². The number of pyridine rings is 2. The maximum Gasteiger partial charge on any atom is 0.270 e. The normalized spacial score (nSPS) is 18.7. The van der Waals surface area contributed by atoms with E-state index >= 15 is 0 Å². The SMILES string of the molecule is COc1cc(Cc2cc(C(=O)N[C@H]3CCOC[C@@H]3O)nc3c(F)ccc(F)c23)ccn1. The van der Waals surface area contributed by atoms with Crippen molar-refractivity contribution in [3.8, 4) is 5.88 Å². The van der Waals surface area contributed by atoms with E-state index in [1.165, 1.54) is 13.2 Å². The molecule has 0 unspecified atom stereocenters. The number of ether oxygens (including phenoxy) is 2. The molecule has 1 fully saturated rings. The van der Waals surface area contributed by atoms with Gasteiger partial charge in [-0.05, 0) is 48.2 Å². The van der Waals surface area contributed by atoms with Crippen molar-refractivity contribution in [2.45, 2.75) is 25.0 Å². The smallest absolute Gasteiger partial charge is 0.270 e. The molecule has 3 aromatic rings. The second-order valence-electron chi connectivity index (χ2n) is 7.31. The number of nitrogens with one attached hydrogen (secondary N) is 1. The number of aliphatic hydroxyl groups is 1. The Kier molecular flexibility index (Phi) is 6.06. The summed E-state index contributed by atoms with van der Waals surface area (Å²) in [5.41, 5.74) is 0.852. The fourth-order valence-electron chi connectivity index (χ4n) is 3.63. The Labute approximate surface area is 177 Å². The zero-order valence-electron chi connectivity index (χ0n) is 16.8. The molecule has 1 aliphatic heterocycles. The third-order valence-electron chi connectivity index (χ3n) is 5.22. The summed E-state index contributed by atoms with van der Waals surface area (Å²) < 4.78 is 39.5. The van der Waals surface area contributed by atoms with Gasteiger partial charge in [0.05, 0.1) is 25.9 Å². The van der Waals surface area contributed by atoms with Gasteiger partial charge in [-0.3, -0.25) is 4.79 Å². The molecule has 0 aliphatic carbocycles. The minimum atomic E-state index is -0.851. The Bertz CT molecular complexity index is 1130. The number of aliphatic hydroxyl groups excluding tert-OH is 1. The molecular weight excluding hydrogens is 408 g/mol. The molecule has 9 heteroatoms. The van der Waals surface area contributed by atoms with Crippen LogP contribution in [-0.4, -0.2) is 53.5 Å². The molecule has 2 aromatic heterocycles. The van der Waals surface area contributed by atoms with Gasteiger partial charge in [-0.1, -0.05) is 0 Å². The molecular formula is C22H21F2N3O4. The number of amides is 1. The van der Waals surface area contributed by atoms with Gasteiger partial charge in [0.1, 0.15) is 22.8 Å². The fourth-order valence-corrected chi connectivity index (χ4v) is 3.63. The largest absolute Gasteiger partial charge is 0.481 e. The standard InChI is InChI=1S/C22H21F2N3O4/c1-30-19-9-12(4-6-25-19)8-13-10-17(22(29)27-16-5-7-31-11-18(16)28)26-21-15(24)3-2-14(23)20(13)21/h2-4,6,9-10,16,18,28H,5,7-8,11H2,1H3,(H,27,29)/t16-,18-/m0/s1. The molecule has 7 nitrogen and oxygen atoms in total. The van der Waals surface area contributed by atoms with Crippen LogP contribution in [0.2, 0.25) is 0 Å². The molecule has 2 atom stereocenters. The molecule has 2 N–H and O–H groups in total. The van der Waals surface area contributed by atoms with Crippen LogP contribution >= 0.6 is 0 Å². The number of hydrogen-bond acceptors (Lipinski definition) is 6. The van der Waals surface area contributed by atoms with Gasteiger partial charge in [0.2, 0.25) is 5.88 Å². The number of fused-ring (bicyclic) bond motifs is 1. The average molecular weight is 429 g/mol. The first kappa shape index (κ1) is 21.1. The van der Waals surface area contributed by atoms with Crippen molar-refractivity contribution in [3.05, 3.63) is 65.0 Å². The molecule has 0 spiro atoms. The second-order valence-corrected chi connectivity index (χ2v) is 7.31. The van der Waals surface area contributed by atoms with Crippen molar-refractivity contribution in [2.24, 2.45) is 0 Å². The average Bonchev–Trinajstić information content (AvgIpc) is 2.77. The van der Waals surface area contributed by atoms with E-state index in [0.717, 1.165) is 17.7 Å². The number of carbonyl (C=O) groups is 1. The zero-order chi connectivity index (χ0) is 22.0. The Balaban J connectivity index is 1.74. The number of benzene rings is 1. The Morgan fingerprint density at radius 3 is 2.87 bits per heavy atom. The topological polar surface area (TPSA) is 93.6 Å². The highest BCUT2D eigenvalue weighted by Crippen LogP contribution is 2.27.